The van der Waals surface area contributed by atoms with Gasteiger partial charge in [0.05, 0.1) is 15.9 Å². The van der Waals surface area contributed by atoms with Crippen LogP contribution in [0.1, 0.15) is 6.92 Å². The molecular formula is C16H16NNaO4S. The van der Waals surface area contributed by atoms with Gasteiger partial charge in [-0.25, -0.2) is 8.42 Å². The van der Waals surface area contributed by atoms with Crippen molar-refractivity contribution >= 4 is 15.9 Å². The molecule has 0 unspecified atom stereocenters. The monoisotopic (exact) mass is 341 g/mol. The van der Waals surface area contributed by atoms with Gasteiger partial charge in [-0.2, -0.15) is 0 Å². The Labute approximate surface area is 158 Å². The molecule has 23 heavy (non-hydrogen) atoms. The van der Waals surface area contributed by atoms with E-state index >= 15 is 0 Å². The molecule has 0 aromatic heterocycles. The van der Waals surface area contributed by atoms with Crippen molar-refractivity contribution in [2.45, 2.75) is 6.92 Å². The van der Waals surface area contributed by atoms with E-state index in [2.05, 4.69) is 0 Å². The van der Waals surface area contributed by atoms with Crippen molar-refractivity contribution in [2.24, 2.45) is 0 Å². The molecule has 1 aliphatic heterocycles. The van der Waals surface area contributed by atoms with E-state index < -0.39 is 15.9 Å². The fourth-order valence-electron chi connectivity index (χ4n) is 2.05. The summed E-state index contributed by atoms with van der Waals surface area (Å²) in [5.41, 5.74) is 1.73. The zero-order valence-electron chi connectivity index (χ0n) is 13.1. The van der Waals surface area contributed by atoms with E-state index in [-0.39, 0.29) is 35.3 Å². The van der Waals surface area contributed by atoms with E-state index in [1.165, 1.54) is 12.2 Å². The quantitative estimate of drug-likeness (QED) is 0.475. The number of rotatable bonds is 4. The Morgan fingerprint density at radius 3 is 2.17 bits per heavy atom. The van der Waals surface area contributed by atoms with Crippen molar-refractivity contribution in [2.75, 3.05) is 12.3 Å². The number of hydrogen-bond donors (Lipinski definition) is 0. The average Bonchev–Trinajstić information content (AvgIpc) is 2.48. The van der Waals surface area contributed by atoms with Gasteiger partial charge in [-0.05, 0) is 47.9 Å². The first-order chi connectivity index (χ1) is 10.4. The first-order valence-corrected chi connectivity index (χ1v) is 8.36. The number of carbonyl (C=O) groups excluding carboxylic acids is 1. The minimum Gasteiger partial charge on any atom is -0.748 e. The van der Waals surface area contributed by atoms with Crippen LogP contribution in [0.2, 0.25) is 0 Å². The van der Waals surface area contributed by atoms with Crippen LogP contribution in [0.3, 0.4) is 0 Å². The zero-order chi connectivity index (χ0) is 16.2. The van der Waals surface area contributed by atoms with Crippen molar-refractivity contribution in [1.82, 2.24) is 4.90 Å². The van der Waals surface area contributed by atoms with E-state index in [1.54, 1.807) is 30.4 Å². The van der Waals surface area contributed by atoms with Crippen LogP contribution in [0.25, 0.3) is 0 Å². The summed E-state index contributed by atoms with van der Waals surface area (Å²) in [5.74, 6) is -0.721. The molecule has 5 nitrogen and oxygen atoms in total. The number of nitrogens with zero attached hydrogens (tertiary/aromatic N) is 1. The molecule has 0 aromatic rings. The summed E-state index contributed by atoms with van der Waals surface area (Å²) < 4.78 is 33.4. The molecular weight excluding hydrogens is 325 g/mol. The minimum absolute atomic E-state index is 0. The second-order valence-electron chi connectivity index (χ2n) is 4.86. The molecule has 2 aliphatic rings. The molecule has 0 aromatic carbocycles. The van der Waals surface area contributed by atoms with Crippen molar-refractivity contribution in [3.8, 4) is 0 Å². The molecule has 1 heterocycles. The van der Waals surface area contributed by atoms with Crippen molar-refractivity contribution in [3.05, 3.63) is 71.7 Å². The number of carbonyl (C=O) groups is 1. The molecule has 0 saturated heterocycles. The molecule has 0 spiro atoms. The van der Waals surface area contributed by atoms with E-state index in [9.17, 15) is 17.8 Å². The largest absolute Gasteiger partial charge is 1.00 e. The summed E-state index contributed by atoms with van der Waals surface area (Å²) in [5, 5.41) is 0. The van der Waals surface area contributed by atoms with Crippen LogP contribution < -0.4 is 29.6 Å². The molecule has 0 N–H and O–H groups in total. The SMILES string of the molecule is CCN1C=CC(=C(C=C2C=CC(=O)C=C2)CS(=O)(=O)[O-])C=C1.[Na+]. The molecule has 1 aliphatic carbocycles. The van der Waals surface area contributed by atoms with Gasteiger partial charge in [0.25, 0.3) is 0 Å². The first-order valence-electron chi connectivity index (χ1n) is 6.78. The van der Waals surface area contributed by atoms with E-state index in [1.807, 2.05) is 24.2 Å². The molecule has 0 saturated carbocycles. The van der Waals surface area contributed by atoms with Crippen molar-refractivity contribution in [1.29, 1.82) is 0 Å². The van der Waals surface area contributed by atoms with Gasteiger partial charge in [0.15, 0.2) is 5.78 Å². The summed E-state index contributed by atoms with van der Waals surface area (Å²) in [6.07, 6.45) is 14.8. The Morgan fingerprint density at radius 1 is 1.13 bits per heavy atom. The Balaban J connectivity index is 0.00000264. The normalized spacial score (nSPS) is 16.6. The number of hydrogen-bond acceptors (Lipinski definition) is 5. The summed E-state index contributed by atoms with van der Waals surface area (Å²) in [6, 6.07) is 0. The number of allylic oxidation sites excluding steroid dienone is 9. The van der Waals surface area contributed by atoms with E-state index in [4.69, 9.17) is 0 Å². The van der Waals surface area contributed by atoms with Gasteiger partial charge in [-0.3, -0.25) is 4.79 Å². The van der Waals surface area contributed by atoms with Gasteiger partial charge in [-0.1, -0.05) is 18.2 Å². The summed E-state index contributed by atoms with van der Waals surface area (Å²) in [6.45, 7) is 2.78. The Bertz CT molecular complexity index is 721. The van der Waals surface area contributed by atoms with Gasteiger partial charge in [0.1, 0.15) is 0 Å². The molecule has 116 valence electrons. The predicted molar refractivity (Wildman–Crippen MR) is 83.6 cm³/mol. The molecule has 0 amide bonds. The fraction of sp³-hybridized carbons (Fsp3) is 0.188. The second kappa shape index (κ2) is 8.61. The maximum absolute atomic E-state index is 11.1. The van der Waals surface area contributed by atoms with Crippen LogP contribution in [-0.2, 0) is 14.9 Å². The maximum atomic E-state index is 11.1. The molecule has 0 atom stereocenters. The average molecular weight is 341 g/mol. The van der Waals surface area contributed by atoms with Crippen LogP contribution in [0.15, 0.2) is 71.7 Å². The third-order valence-corrected chi connectivity index (χ3v) is 3.84. The van der Waals surface area contributed by atoms with Gasteiger partial charge < -0.3 is 9.45 Å². The minimum atomic E-state index is -4.40. The van der Waals surface area contributed by atoms with Crippen LogP contribution >= 0.6 is 0 Å². The third kappa shape index (κ3) is 6.45. The van der Waals surface area contributed by atoms with Crippen LogP contribution in [0.5, 0.6) is 0 Å². The Hall–Kier alpha value is -1.18. The molecule has 0 radical (unpaired) electrons. The van der Waals surface area contributed by atoms with Gasteiger partial charge in [-0.15, -0.1) is 0 Å². The molecule has 0 fully saturated rings. The molecule has 2 rings (SSSR count). The first kappa shape index (κ1) is 19.9. The standard InChI is InChI=1S/C16H17NO4S.Na/c1-2-17-9-7-14(8-10-17)15(12-22(19,20)21)11-13-3-5-16(18)6-4-13;/h3-11H,2,12H2,1H3,(H,19,20,21);/q;+1/p-1. The number of ketones is 1. The van der Waals surface area contributed by atoms with Crippen LogP contribution in [0.4, 0.5) is 0 Å². The van der Waals surface area contributed by atoms with Crippen LogP contribution in [-0.4, -0.2) is 36.0 Å². The second-order valence-corrected chi connectivity index (χ2v) is 6.26. The predicted octanol–water partition coefficient (Wildman–Crippen LogP) is -1.18. The summed E-state index contributed by atoms with van der Waals surface area (Å²) in [7, 11) is -4.40. The Kier molecular flexibility index (Phi) is 7.44. The fourth-order valence-corrected chi connectivity index (χ4v) is 2.68. The maximum Gasteiger partial charge on any atom is 1.00 e. The van der Waals surface area contributed by atoms with E-state index in [0.717, 1.165) is 6.54 Å². The van der Waals surface area contributed by atoms with Gasteiger partial charge in [0, 0.05) is 18.9 Å². The topological polar surface area (TPSA) is 77.5 Å². The zero-order valence-corrected chi connectivity index (χ0v) is 15.9. The van der Waals surface area contributed by atoms with E-state index in [0.29, 0.717) is 16.7 Å². The third-order valence-electron chi connectivity index (χ3n) is 3.18. The van der Waals surface area contributed by atoms with Crippen molar-refractivity contribution in [3.63, 3.8) is 0 Å². The smallest absolute Gasteiger partial charge is 0.748 e. The molecule has 7 heteroatoms. The van der Waals surface area contributed by atoms with Gasteiger partial charge >= 0.3 is 29.6 Å². The van der Waals surface area contributed by atoms with Crippen molar-refractivity contribution < 1.29 is 47.3 Å². The summed E-state index contributed by atoms with van der Waals surface area (Å²) >= 11 is 0. The molecule has 0 bridgehead atoms. The Morgan fingerprint density at radius 2 is 1.70 bits per heavy atom. The van der Waals surface area contributed by atoms with Crippen LogP contribution in [0, 0.1) is 0 Å². The summed E-state index contributed by atoms with van der Waals surface area (Å²) in [4.78, 5) is 13.0. The van der Waals surface area contributed by atoms with Gasteiger partial charge in [0.2, 0.25) is 0 Å².